The largest absolute Gasteiger partial charge is 0.470 e. The quantitative estimate of drug-likeness (QED) is 0.187. The van der Waals surface area contributed by atoms with Crippen molar-refractivity contribution in [2.45, 2.75) is 73.9 Å². The monoisotopic (exact) mass is 733 g/mol. The molecule has 11 heteroatoms. The summed E-state index contributed by atoms with van der Waals surface area (Å²) in [4.78, 5) is 9.74. The van der Waals surface area contributed by atoms with Gasteiger partial charge in [-0.3, -0.25) is 0 Å². The highest BCUT2D eigenvalue weighted by molar-refractivity contribution is 6.86. The van der Waals surface area contributed by atoms with E-state index in [-0.39, 0.29) is 63.4 Å². The van der Waals surface area contributed by atoms with Gasteiger partial charge in [-0.05, 0) is 101 Å². The second kappa shape index (κ2) is 14.4. The summed E-state index contributed by atoms with van der Waals surface area (Å²) in [7, 11) is 17.4. The van der Waals surface area contributed by atoms with E-state index >= 15 is 0 Å². The maximum atomic E-state index is 8.26. The molecule has 0 saturated heterocycles. The van der Waals surface area contributed by atoms with Crippen molar-refractivity contribution < 1.29 is 4.57 Å². The van der Waals surface area contributed by atoms with Gasteiger partial charge in [-0.2, -0.15) is 0 Å². The van der Waals surface area contributed by atoms with Crippen LogP contribution in [0.4, 0.5) is 0 Å². The van der Waals surface area contributed by atoms with Gasteiger partial charge in [0.15, 0.2) is 0 Å². The predicted molar refractivity (Wildman–Crippen MR) is 234 cm³/mol. The van der Waals surface area contributed by atoms with Crippen LogP contribution in [0, 0.1) is 0 Å². The first-order valence-electron chi connectivity index (χ1n) is 20.5. The Morgan fingerprint density at radius 1 is 0.473 bits per heavy atom. The molecule has 2 atom stereocenters. The van der Waals surface area contributed by atoms with Crippen LogP contribution in [0.1, 0.15) is 95.7 Å². The van der Waals surface area contributed by atoms with Gasteiger partial charge in [0.25, 0.3) is 13.7 Å². The molecule has 7 nitrogen and oxygen atoms in total. The normalized spacial score (nSPS) is 26.0. The number of rotatable bonds is 12. The van der Waals surface area contributed by atoms with Gasteiger partial charge in [0.2, 0.25) is 0 Å². The van der Waals surface area contributed by atoms with Crippen LogP contribution in [0.2, 0.25) is 0 Å². The molecule has 0 saturated carbocycles. The summed E-state index contributed by atoms with van der Waals surface area (Å²) < 4.78 is 8.26. The Morgan fingerprint density at radius 2 is 0.727 bits per heavy atom. The van der Waals surface area contributed by atoms with Crippen molar-refractivity contribution in [2.75, 3.05) is 56.4 Å². The van der Waals surface area contributed by atoms with Crippen LogP contribution in [0.3, 0.4) is 0 Å². The molecule has 0 spiro atoms. The highest BCUT2D eigenvalue weighted by Gasteiger charge is 2.72. The molecule has 0 aromatic heterocycles. The van der Waals surface area contributed by atoms with E-state index in [1.807, 2.05) is 0 Å². The molecule has 0 radical (unpaired) electrons. The minimum absolute atomic E-state index is 0.0535. The molecule has 284 valence electrons. The summed E-state index contributed by atoms with van der Waals surface area (Å²) in [5, 5.41) is 7.67. The van der Waals surface area contributed by atoms with Crippen LogP contribution in [-0.4, -0.2) is 126 Å². The third-order valence-corrected chi connectivity index (χ3v) is 13.3. The summed E-state index contributed by atoms with van der Waals surface area (Å²) in [6.07, 6.45) is 0. The molecule has 2 aliphatic carbocycles. The Bertz CT molecular complexity index is 1800. The van der Waals surface area contributed by atoms with Gasteiger partial charge in [0.05, 0.1) is 0 Å². The Hall–Kier alpha value is -3.14. The third kappa shape index (κ3) is 5.63. The van der Waals surface area contributed by atoms with Crippen molar-refractivity contribution in [3.05, 3.63) is 142 Å². The maximum absolute atomic E-state index is 8.26. The predicted octanol–water partition coefficient (Wildman–Crippen LogP) is 5.50. The molecule has 0 fully saturated rings. The smallest absolute Gasteiger partial charge is 0.383 e. The number of benzene rings is 4. The first-order chi connectivity index (χ1) is 26.3. The van der Waals surface area contributed by atoms with E-state index in [0.717, 1.165) is 0 Å². The van der Waals surface area contributed by atoms with Gasteiger partial charge in [-0.15, -0.1) is 0 Å². The minimum atomic E-state index is -0.529. The van der Waals surface area contributed by atoms with Crippen molar-refractivity contribution in [3.63, 3.8) is 0 Å². The van der Waals surface area contributed by atoms with Crippen LogP contribution in [0.5, 0.6) is 0 Å². The summed E-state index contributed by atoms with van der Waals surface area (Å²) in [6.45, 7) is 9.43. The zero-order chi connectivity index (χ0) is 39.1. The zero-order valence-corrected chi connectivity index (χ0v) is 35.2. The van der Waals surface area contributed by atoms with E-state index in [0.29, 0.717) is 0 Å². The molecular weight excluding hydrogens is 672 g/mol. The number of nitrogens with zero attached hydrogens (tertiary/aromatic N) is 4. The lowest BCUT2D eigenvalue weighted by Crippen LogP contribution is -2.86. The molecule has 4 aliphatic heterocycles. The van der Waals surface area contributed by atoms with Gasteiger partial charge in [0, 0.05) is 46.2 Å². The molecule has 4 aromatic rings. The van der Waals surface area contributed by atoms with Gasteiger partial charge in [-0.1, -0.05) is 125 Å². The number of nitrogens with one attached hydrogen (secondary N) is 2. The second-order valence-electron chi connectivity index (χ2n) is 18.4. The third-order valence-electron chi connectivity index (χ3n) is 13.3. The average molecular weight is 732 g/mol. The summed E-state index contributed by atoms with van der Waals surface area (Å²) in [5.41, 5.74) is 11.4. The van der Waals surface area contributed by atoms with Crippen LogP contribution in [0.15, 0.2) is 97.1 Å². The molecule has 10 rings (SSSR count). The summed E-state index contributed by atoms with van der Waals surface area (Å²) in [6, 6.07) is 37.3. The Balaban J connectivity index is 1.40. The van der Waals surface area contributed by atoms with Crippen molar-refractivity contribution in [1.29, 1.82) is 0 Å². The zero-order valence-electron chi connectivity index (χ0n) is 35.2. The number of fused-ring (bicyclic) bond motifs is 2. The molecule has 2 N–H and O–H groups in total. The van der Waals surface area contributed by atoms with Crippen molar-refractivity contribution >= 4 is 27.8 Å². The van der Waals surface area contributed by atoms with Gasteiger partial charge in [0.1, 0.15) is 0 Å². The van der Waals surface area contributed by atoms with E-state index in [2.05, 4.69) is 211 Å². The molecule has 0 amide bonds. The molecule has 0 unspecified atom stereocenters. The fourth-order valence-corrected chi connectivity index (χ4v) is 12.5. The maximum Gasteiger partial charge on any atom is 0.383 e. The first kappa shape index (κ1) is 38.7. The van der Waals surface area contributed by atoms with E-state index < -0.39 is 10.7 Å². The van der Waals surface area contributed by atoms with Gasteiger partial charge < -0.3 is 34.4 Å². The minimum Gasteiger partial charge on any atom is -0.470 e. The molecule has 4 bridgehead atoms. The van der Waals surface area contributed by atoms with E-state index in [1.54, 1.807) is 0 Å². The van der Waals surface area contributed by atoms with Crippen molar-refractivity contribution in [3.8, 4) is 0 Å². The van der Waals surface area contributed by atoms with Crippen LogP contribution >= 0.6 is 0 Å². The van der Waals surface area contributed by atoms with Crippen LogP contribution in [-0.2, 0) is 4.57 Å². The topological polar surface area (TPSA) is 46.3 Å². The fraction of sp³-hybridized carbons (Fsp3) is 0.455. The van der Waals surface area contributed by atoms with Crippen molar-refractivity contribution in [2.24, 2.45) is 0 Å². The van der Waals surface area contributed by atoms with Crippen LogP contribution < -0.4 is 10.6 Å². The highest BCUT2D eigenvalue weighted by Crippen LogP contribution is 2.60. The molecule has 55 heavy (non-hydrogen) atoms. The Morgan fingerprint density at radius 3 is 0.945 bits per heavy atom. The Labute approximate surface area is 333 Å². The van der Waals surface area contributed by atoms with E-state index in [9.17, 15) is 0 Å². The lowest BCUT2D eigenvalue weighted by molar-refractivity contribution is 0.293. The fourth-order valence-electron chi connectivity index (χ4n) is 12.5. The Kier molecular flexibility index (Phi) is 10.1. The van der Waals surface area contributed by atoms with Gasteiger partial charge >= 0.3 is 14.1 Å². The first-order valence-corrected chi connectivity index (χ1v) is 20.5. The second-order valence-corrected chi connectivity index (χ2v) is 18.4. The molecular formula is C44H60B4N6O. The number of hydrogen-bond donors (Lipinski definition) is 2. The van der Waals surface area contributed by atoms with Crippen LogP contribution in [0.25, 0.3) is 0 Å². The van der Waals surface area contributed by atoms with E-state index in [1.165, 1.54) is 44.5 Å². The number of hydrogen-bond acceptors (Lipinski definition) is 7. The molecule has 6 aliphatic rings. The summed E-state index contributed by atoms with van der Waals surface area (Å²) in [5.74, 6) is 0.448. The van der Waals surface area contributed by atoms with Crippen molar-refractivity contribution in [1.82, 2.24) is 29.9 Å². The summed E-state index contributed by atoms with van der Waals surface area (Å²) >= 11 is 0. The van der Waals surface area contributed by atoms with Gasteiger partial charge in [-0.25, -0.2) is 0 Å². The average Bonchev–Trinajstić information content (AvgIpc) is 3.13. The lowest BCUT2D eigenvalue weighted by Gasteiger charge is -2.64. The lowest BCUT2D eigenvalue weighted by atomic mass is 9.15. The SMILES string of the molecule is CC(C)N[C@]1(B(OB(N(C)C)[C@]2(NC(C)C)B(N(C)C)C3c4ccccc4C2c2ccccc23)N(C)C)B(N(C)C)C2c3ccccc3C1c1ccccc12. The molecule has 4 aromatic carbocycles. The van der Waals surface area contributed by atoms with E-state index in [4.69, 9.17) is 4.57 Å². The standard InChI is InChI=1S/C44H60B4N6O/c1-29(2)49-43(39-31-21-13-17-25-35(31)41(45(43)51(5)6)36-26-18-14-22-32(36)39)47(53(9)10)55-48(54(11)12)44(50-30(3)4)40-33-23-15-19-27-37(33)42(46(44)52(7)8)38-28-20-16-24-34(38)40/h13-30,39-42,49-50H,1-12H3/t39?,40?,41?,42?,43-,44+. The highest BCUT2D eigenvalue weighted by atomic mass is 16.4. The molecule has 4 heterocycles.